The van der Waals surface area contributed by atoms with Gasteiger partial charge in [-0.3, -0.25) is 4.79 Å². The number of ketones is 1. The first-order chi connectivity index (χ1) is 16.9. The standard InChI is InChI=1S/C29H40O7/c1-15-13-23(35-24(32)16(15)2)27(4)20-9-8-19-17-14-22(31)29(33)11-6-7-21(30)26(29,3)18(17)10-12-28(19,20)25(34-5)36-27/h6-7,17-20,22-23,25,31,33H,8-14H2,1-5H3/t17-,18+,19+,20-,22-,23-,25-,26+,27-,28-,29+/m1/s1. The van der Waals surface area contributed by atoms with Crippen LogP contribution in [0, 0.1) is 34.5 Å². The number of hydrogen-bond acceptors (Lipinski definition) is 7. The third-order valence-electron chi connectivity index (χ3n) is 12.0. The van der Waals surface area contributed by atoms with Crippen LogP contribution < -0.4 is 0 Å². The first-order valence-corrected chi connectivity index (χ1v) is 13.6. The molecule has 2 heterocycles. The number of carbonyl (C=O) groups is 2. The van der Waals surface area contributed by atoms with Gasteiger partial charge in [0.05, 0.1) is 11.5 Å². The van der Waals surface area contributed by atoms with E-state index in [1.807, 2.05) is 20.8 Å². The van der Waals surface area contributed by atoms with Crippen molar-refractivity contribution in [2.45, 2.75) is 102 Å². The van der Waals surface area contributed by atoms with Crippen LogP contribution in [0.5, 0.6) is 0 Å². The van der Waals surface area contributed by atoms with Gasteiger partial charge >= 0.3 is 5.97 Å². The van der Waals surface area contributed by atoms with Crippen LogP contribution in [0.25, 0.3) is 0 Å². The van der Waals surface area contributed by atoms with E-state index < -0.39 is 29.0 Å². The van der Waals surface area contributed by atoms with Crippen molar-refractivity contribution in [3.05, 3.63) is 23.3 Å². The molecule has 2 aliphatic heterocycles. The highest BCUT2D eigenvalue weighted by Crippen LogP contribution is 2.73. The monoisotopic (exact) mass is 500 g/mol. The maximum atomic E-state index is 13.3. The average molecular weight is 501 g/mol. The third kappa shape index (κ3) is 2.73. The minimum absolute atomic E-state index is 0.0116. The van der Waals surface area contributed by atoms with Crippen molar-refractivity contribution < 1.29 is 34.0 Å². The number of aliphatic hydroxyl groups excluding tert-OH is 1. The molecule has 6 rings (SSSR count). The smallest absolute Gasteiger partial charge is 0.334 e. The predicted molar refractivity (Wildman–Crippen MR) is 130 cm³/mol. The maximum absolute atomic E-state index is 13.3. The second-order valence-electron chi connectivity index (χ2n) is 12.9. The number of cyclic esters (lactones) is 1. The lowest BCUT2D eigenvalue weighted by atomic mass is 9.42. The largest absolute Gasteiger partial charge is 0.456 e. The molecule has 0 radical (unpaired) electrons. The Hall–Kier alpha value is -1.54. The summed E-state index contributed by atoms with van der Waals surface area (Å²) in [7, 11) is 1.69. The van der Waals surface area contributed by atoms with Crippen molar-refractivity contribution in [2.75, 3.05) is 7.11 Å². The molecule has 0 bridgehead atoms. The van der Waals surface area contributed by atoms with Crippen molar-refractivity contribution in [3.63, 3.8) is 0 Å². The fraction of sp³-hybridized carbons (Fsp3) is 0.793. The zero-order valence-electron chi connectivity index (χ0n) is 22.1. The lowest BCUT2D eigenvalue weighted by Crippen LogP contribution is -2.69. The number of aliphatic hydroxyl groups is 2. The van der Waals surface area contributed by atoms with Gasteiger partial charge in [-0.1, -0.05) is 11.6 Å². The zero-order chi connectivity index (χ0) is 25.8. The Morgan fingerprint density at radius 2 is 1.86 bits per heavy atom. The van der Waals surface area contributed by atoms with Crippen LogP contribution in [0.1, 0.15) is 72.6 Å². The van der Waals surface area contributed by atoms with Gasteiger partial charge in [-0.25, -0.2) is 4.79 Å². The Kier molecular flexibility index (Phi) is 5.33. The molecule has 1 saturated heterocycles. The van der Waals surface area contributed by atoms with E-state index in [-0.39, 0.29) is 46.9 Å². The number of carbonyl (C=O) groups excluding carboxylic acids is 2. The highest BCUT2D eigenvalue weighted by molar-refractivity contribution is 5.97. The van der Waals surface area contributed by atoms with Crippen molar-refractivity contribution in [2.24, 2.45) is 34.5 Å². The Morgan fingerprint density at radius 1 is 1.11 bits per heavy atom. The molecule has 1 spiro atoms. The minimum atomic E-state index is -1.43. The topological polar surface area (TPSA) is 102 Å². The summed E-state index contributed by atoms with van der Waals surface area (Å²) in [6.07, 6.45) is 6.43. The number of allylic oxidation sites excluding steroid dienone is 1. The van der Waals surface area contributed by atoms with E-state index in [2.05, 4.69) is 6.92 Å². The van der Waals surface area contributed by atoms with E-state index in [9.17, 15) is 19.8 Å². The van der Waals surface area contributed by atoms with Gasteiger partial charge in [-0.15, -0.1) is 0 Å². The zero-order valence-corrected chi connectivity index (χ0v) is 22.1. The molecule has 36 heavy (non-hydrogen) atoms. The Bertz CT molecular complexity index is 1060. The molecule has 0 unspecified atom stereocenters. The highest BCUT2D eigenvalue weighted by atomic mass is 16.7. The summed E-state index contributed by atoms with van der Waals surface area (Å²) in [6, 6.07) is 0. The predicted octanol–water partition coefficient (Wildman–Crippen LogP) is 3.47. The van der Waals surface area contributed by atoms with Crippen molar-refractivity contribution in [3.8, 4) is 0 Å². The molecule has 4 fully saturated rings. The molecule has 11 atom stereocenters. The van der Waals surface area contributed by atoms with Crippen molar-refractivity contribution >= 4 is 11.8 Å². The number of esters is 1. The van der Waals surface area contributed by atoms with Crippen molar-refractivity contribution in [1.29, 1.82) is 0 Å². The van der Waals surface area contributed by atoms with Gasteiger partial charge in [0.2, 0.25) is 0 Å². The van der Waals surface area contributed by atoms with E-state index in [1.54, 1.807) is 19.3 Å². The van der Waals surface area contributed by atoms with Gasteiger partial charge in [-0.2, -0.15) is 0 Å². The van der Waals surface area contributed by atoms with E-state index in [0.717, 1.165) is 31.3 Å². The summed E-state index contributed by atoms with van der Waals surface area (Å²) >= 11 is 0. The van der Waals surface area contributed by atoms with Crippen LogP contribution >= 0.6 is 0 Å². The quantitative estimate of drug-likeness (QED) is 0.560. The average Bonchev–Trinajstić information content (AvgIpc) is 3.35. The van der Waals surface area contributed by atoms with Crippen molar-refractivity contribution in [1.82, 2.24) is 0 Å². The summed E-state index contributed by atoms with van der Waals surface area (Å²) in [4.78, 5) is 26.0. The second kappa shape index (κ2) is 7.75. The van der Waals surface area contributed by atoms with Crippen LogP contribution in [0.2, 0.25) is 0 Å². The van der Waals surface area contributed by atoms with Gasteiger partial charge in [0, 0.05) is 30.4 Å². The maximum Gasteiger partial charge on any atom is 0.334 e. The molecular weight excluding hydrogens is 460 g/mol. The first-order valence-electron chi connectivity index (χ1n) is 13.6. The summed E-state index contributed by atoms with van der Waals surface area (Å²) < 4.78 is 18.8. The van der Waals surface area contributed by atoms with E-state index in [4.69, 9.17) is 14.2 Å². The molecule has 4 aliphatic carbocycles. The fourth-order valence-electron chi connectivity index (χ4n) is 9.89. The van der Waals surface area contributed by atoms with E-state index in [0.29, 0.717) is 24.8 Å². The molecule has 7 nitrogen and oxygen atoms in total. The molecule has 6 aliphatic rings. The summed E-state index contributed by atoms with van der Waals surface area (Å²) in [6.45, 7) is 7.78. The Balaban J connectivity index is 1.39. The minimum Gasteiger partial charge on any atom is -0.456 e. The molecular formula is C29H40O7. The number of methoxy groups -OCH3 is 1. The summed E-state index contributed by atoms with van der Waals surface area (Å²) in [5, 5.41) is 22.9. The molecule has 0 amide bonds. The van der Waals surface area contributed by atoms with Gasteiger partial charge in [0.25, 0.3) is 0 Å². The van der Waals surface area contributed by atoms with E-state index in [1.165, 1.54) is 0 Å². The number of fused-ring (bicyclic) bond motifs is 4. The molecule has 198 valence electrons. The summed E-state index contributed by atoms with van der Waals surface area (Å²) in [5.41, 5.74) is -1.67. The van der Waals surface area contributed by atoms with Crippen LogP contribution in [0.3, 0.4) is 0 Å². The summed E-state index contributed by atoms with van der Waals surface area (Å²) in [5.74, 6) is 0.0626. The molecule has 2 N–H and O–H groups in total. The Morgan fingerprint density at radius 3 is 2.56 bits per heavy atom. The molecule has 7 heteroatoms. The second-order valence-corrected chi connectivity index (χ2v) is 12.9. The number of rotatable bonds is 2. The lowest BCUT2D eigenvalue weighted by Gasteiger charge is -2.63. The van der Waals surface area contributed by atoms with E-state index >= 15 is 0 Å². The van der Waals surface area contributed by atoms with Crippen LogP contribution in [0.4, 0.5) is 0 Å². The molecule has 0 aromatic rings. The molecule has 3 saturated carbocycles. The van der Waals surface area contributed by atoms with Gasteiger partial charge < -0.3 is 24.4 Å². The molecule has 0 aromatic heterocycles. The van der Waals surface area contributed by atoms with Crippen LogP contribution in [-0.2, 0) is 23.8 Å². The molecule has 0 aromatic carbocycles. The SMILES string of the molecule is CO[C@@H]1O[C@@](C)([C@H]2CC(C)=C(C)C(=O)O2)[C@H]2CC[C@H]3[C@@H]4C[C@@H](O)[C@@]5(O)CC=CC(=O)[C@]5(C)[C@H]4CC[C@]123. The highest BCUT2D eigenvalue weighted by Gasteiger charge is 2.76. The Labute approximate surface area is 213 Å². The lowest BCUT2D eigenvalue weighted by molar-refractivity contribution is -0.252. The van der Waals surface area contributed by atoms with Crippen LogP contribution in [0.15, 0.2) is 23.3 Å². The van der Waals surface area contributed by atoms with Gasteiger partial charge in [-0.05, 0) is 90.0 Å². The first kappa shape index (κ1) is 24.8. The third-order valence-corrected chi connectivity index (χ3v) is 12.0. The number of ether oxygens (including phenoxy) is 3. The van der Waals surface area contributed by atoms with Gasteiger partial charge in [0.15, 0.2) is 12.1 Å². The van der Waals surface area contributed by atoms with Crippen LogP contribution in [-0.4, -0.2) is 58.8 Å². The normalized spacial score (nSPS) is 54.0. The fourth-order valence-corrected chi connectivity index (χ4v) is 9.89. The van der Waals surface area contributed by atoms with Gasteiger partial charge in [0.1, 0.15) is 17.3 Å². The number of hydrogen-bond donors (Lipinski definition) is 2.